The van der Waals surface area contributed by atoms with Crippen molar-refractivity contribution in [3.05, 3.63) is 28.2 Å². The van der Waals surface area contributed by atoms with E-state index in [-0.39, 0.29) is 17.7 Å². The van der Waals surface area contributed by atoms with E-state index in [1.54, 1.807) is 18.2 Å². The first kappa shape index (κ1) is 16.1. The molecule has 2 amide bonds. The summed E-state index contributed by atoms with van der Waals surface area (Å²) in [6.45, 7) is 5.65. The summed E-state index contributed by atoms with van der Waals surface area (Å²) in [5.41, 5.74) is 0.488. The average Bonchev–Trinajstić information content (AvgIpc) is 2.43. The summed E-state index contributed by atoms with van der Waals surface area (Å²) in [7, 11) is 0. The Bertz CT molecular complexity index is 575. The van der Waals surface area contributed by atoms with Gasteiger partial charge in [0.05, 0.1) is 10.7 Å². The van der Waals surface area contributed by atoms with Crippen LogP contribution in [-0.4, -0.2) is 23.9 Å². The lowest BCUT2D eigenvalue weighted by Gasteiger charge is -2.40. The van der Waals surface area contributed by atoms with Crippen LogP contribution in [0.15, 0.2) is 18.2 Å². The number of carbonyl (C=O) groups excluding carboxylic acids is 2. The fourth-order valence-corrected chi connectivity index (χ4v) is 2.88. The molecule has 1 aliphatic rings. The number of nitrogens with one attached hydrogen (secondary N) is 1. The maximum absolute atomic E-state index is 12.8. The first-order valence-corrected chi connectivity index (χ1v) is 7.71. The lowest BCUT2D eigenvalue weighted by atomic mass is 9.96. The second-order valence-electron chi connectivity index (χ2n) is 5.46. The summed E-state index contributed by atoms with van der Waals surface area (Å²) in [6.07, 6.45) is 0.505. The van der Waals surface area contributed by atoms with Crippen molar-refractivity contribution < 1.29 is 9.59 Å². The number of nitrogens with zero attached hydrogens (tertiary/aromatic N) is 1. The van der Waals surface area contributed by atoms with E-state index in [0.29, 0.717) is 22.2 Å². The van der Waals surface area contributed by atoms with E-state index in [1.807, 2.05) is 20.8 Å². The lowest BCUT2D eigenvalue weighted by Crippen LogP contribution is -2.65. The van der Waals surface area contributed by atoms with Crippen molar-refractivity contribution in [2.24, 2.45) is 5.92 Å². The zero-order chi connectivity index (χ0) is 15.7. The van der Waals surface area contributed by atoms with E-state index in [2.05, 4.69) is 5.32 Å². The number of anilines is 1. The van der Waals surface area contributed by atoms with Crippen LogP contribution < -0.4 is 10.2 Å². The van der Waals surface area contributed by atoms with Crippen LogP contribution >= 0.6 is 23.2 Å². The Hall–Kier alpha value is -1.26. The molecule has 0 saturated carbocycles. The molecule has 0 spiro atoms. The molecule has 1 saturated heterocycles. The molecule has 0 aromatic heterocycles. The molecule has 1 aromatic carbocycles. The molecule has 1 N–H and O–H groups in total. The van der Waals surface area contributed by atoms with Crippen molar-refractivity contribution in [3.8, 4) is 0 Å². The Morgan fingerprint density at radius 1 is 1.29 bits per heavy atom. The largest absolute Gasteiger partial charge is 0.342 e. The van der Waals surface area contributed by atoms with Crippen LogP contribution in [0.2, 0.25) is 10.0 Å². The minimum Gasteiger partial charge on any atom is -0.342 e. The fourth-order valence-electron chi connectivity index (χ4n) is 2.51. The molecule has 6 heteroatoms. The summed E-state index contributed by atoms with van der Waals surface area (Å²) >= 11 is 12.2. The van der Waals surface area contributed by atoms with Crippen LogP contribution in [0.1, 0.15) is 27.2 Å². The molecular formula is C15H18Cl2N2O2. The first-order chi connectivity index (χ1) is 9.86. The molecule has 0 aliphatic carbocycles. The van der Waals surface area contributed by atoms with Crippen LogP contribution in [0.4, 0.5) is 5.69 Å². The van der Waals surface area contributed by atoms with Gasteiger partial charge in [-0.25, -0.2) is 0 Å². The van der Waals surface area contributed by atoms with Crippen molar-refractivity contribution in [2.45, 2.75) is 39.3 Å². The minimum atomic E-state index is -0.566. The molecule has 0 radical (unpaired) electrons. The van der Waals surface area contributed by atoms with E-state index in [9.17, 15) is 9.59 Å². The Morgan fingerprint density at radius 3 is 2.52 bits per heavy atom. The summed E-state index contributed by atoms with van der Waals surface area (Å²) in [5.74, 6) is -0.313. The van der Waals surface area contributed by atoms with Crippen molar-refractivity contribution >= 4 is 40.7 Å². The summed E-state index contributed by atoms with van der Waals surface area (Å²) < 4.78 is 0. The molecule has 1 aliphatic heterocycles. The van der Waals surface area contributed by atoms with Gasteiger partial charge in [-0.05, 0) is 30.5 Å². The first-order valence-electron chi connectivity index (χ1n) is 6.95. The highest BCUT2D eigenvalue weighted by Crippen LogP contribution is 2.33. The highest BCUT2D eigenvalue weighted by molar-refractivity contribution is 6.36. The van der Waals surface area contributed by atoms with E-state index >= 15 is 0 Å². The topological polar surface area (TPSA) is 49.4 Å². The highest BCUT2D eigenvalue weighted by Gasteiger charge is 2.42. The van der Waals surface area contributed by atoms with E-state index in [4.69, 9.17) is 23.2 Å². The molecule has 2 atom stereocenters. The molecule has 114 valence electrons. The predicted molar refractivity (Wildman–Crippen MR) is 84.8 cm³/mol. The molecule has 21 heavy (non-hydrogen) atoms. The number of amides is 2. The number of hydrogen-bond donors (Lipinski definition) is 1. The number of hydrogen-bond acceptors (Lipinski definition) is 2. The summed E-state index contributed by atoms with van der Waals surface area (Å²) in [6, 6.07) is 3.80. The van der Waals surface area contributed by atoms with Gasteiger partial charge >= 0.3 is 0 Å². The van der Waals surface area contributed by atoms with Crippen LogP contribution in [-0.2, 0) is 9.59 Å². The number of halogens is 2. The third-order valence-electron chi connectivity index (χ3n) is 3.64. The Labute approximate surface area is 134 Å². The van der Waals surface area contributed by atoms with Gasteiger partial charge in [0.25, 0.3) is 5.91 Å². The second-order valence-corrected chi connectivity index (χ2v) is 6.30. The predicted octanol–water partition coefficient (Wildman–Crippen LogP) is 3.26. The minimum absolute atomic E-state index is 0.000263. The number of rotatable bonds is 3. The Morgan fingerprint density at radius 2 is 1.95 bits per heavy atom. The molecule has 1 heterocycles. The molecule has 0 bridgehead atoms. The third kappa shape index (κ3) is 3.01. The summed E-state index contributed by atoms with van der Waals surface area (Å²) in [4.78, 5) is 26.5. The monoisotopic (exact) mass is 328 g/mol. The zero-order valence-electron chi connectivity index (χ0n) is 12.2. The van der Waals surface area contributed by atoms with Gasteiger partial charge in [0.15, 0.2) is 0 Å². The second kappa shape index (κ2) is 6.24. The van der Waals surface area contributed by atoms with Crippen molar-refractivity contribution in [3.63, 3.8) is 0 Å². The van der Waals surface area contributed by atoms with Crippen LogP contribution in [0.3, 0.4) is 0 Å². The van der Waals surface area contributed by atoms with E-state index < -0.39 is 12.1 Å². The SMILES string of the molecule is CCC1C(=O)NC(C(C)C)C(=O)N1c1cc(Cl)ccc1Cl. The van der Waals surface area contributed by atoms with E-state index in [0.717, 1.165) is 0 Å². The van der Waals surface area contributed by atoms with Gasteiger partial charge in [0, 0.05) is 5.02 Å². The normalized spacial score (nSPS) is 22.7. The van der Waals surface area contributed by atoms with Gasteiger partial charge in [-0.2, -0.15) is 0 Å². The molecule has 4 nitrogen and oxygen atoms in total. The zero-order valence-corrected chi connectivity index (χ0v) is 13.7. The molecule has 1 fully saturated rings. The third-order valence-corrected chi connectivity index (χ3v) is 4.19. The van der Waals surface area contributed by atoms with Crippen LogP contribution in [0.25, 0.3) is 0 Å². The van der Waals surface area contributed by atoms with Crippen molar-refractivity contribution in [1.29, 1.82) is 0 Å². The number of benzene rings is 1. The van der Waals surface area contributed by atoms with Crippen molar-refractivity contribution in [2.75, 3.05) is 4.90 Å². The average molecular weight is 329 g/mol. The summed E-state index contributed by atoms with van der Waals surface area (Å²) in [5, 5.41) is 3.68. The van der Waals surface area contributed by atoms with Gasteiger partial charge in [-0.1, -0.05) is 44.0 Å². The lowest BCUT2D eigenvalue weighted by molar-refractivity contribution is -0.134. The highest BCUT2D eigenvalue weighted by atomic mass is 35.5. The smallest absolute Gasteiger partial charge is 0.250 e. The van der Waals surface area contributed by atoms with Gasteiger partial charge in [-0.3, -0.25) is 14.5 Å². The maximum Gasteiger partial charge on any atom is 0.250 e. The maximum atomic E-state index is 12.8. The van der Waals surface area contributed by atoms with E-state index in [1.165, 1.54) is 4.90 Å². The Kier molecular flexibility index (Phi) is 4.79. The van der Waals surface area contributed by atoms with Gasteiger partial charge in [-0.15, -0.1) is 0 Å². The number of piperazine rings is 1. The molecule has 2 unspecified atom stereocenters. The van der Waals surface area contributed by atoms with Crippen LogP contribution in [0, 0.1) is 5.92 Å². The Balaban J connectivity index is 2.51. The van der Waals surface area contributed by atoms with Crippen LogP contribution in [0.5, 0.6) is 0 Å². The van der Waals surface area contributed by atoms with Crippen molar-refractivity contribution in [1.82, 2.24) is 5.32 Å². The molecular weight excluding hydrogens is 311 g/mol. The fraction of sp³-hybridized carbons (Fsp3) is 0.467. The quantitative estimate of drug-likeness (QED) is 0.925. The van der Waals surface area contributed by atoms with Gasteiger partial charge in [0.1, 0.15) is 12.1 Å². The standard InChI is InChI=1S/C15H18Cl2N2O2/c1-4-11-14(20)18-13(8(2)3)15(21)19(11)12-7-9(16)5-6-10(12)17/h5-8,11,13H,4H2,1-3H3,(H,18,20). The van der Waals surface area contributed by atoms with Gasteiger partial charge in [0.2, 0.25) is 5.91 Å². The molecule has 1 aromatic rings. The van der Waals surface area contributed by atoms with Gasteiger partial charge < -0.3 is 5.32 Å². The molecule has 2 rings (SSSR count). The number of carbonyl (C=O) groups is 2.